The summed E-state index contributed by atoms with van der Waals surface area (Å²) < 4.78 is 5.24. The molecular formula is C15H20N2O2. The zero-order chi connectivity index (χ0) is 14.0. The Morgan fingerprint density at radius 3 is 2.84 bits per heavy atom. The number of nitrogens with zero attached hydrogens (tertiary/aromatic N) is 2. The first-order valence-corrected chi connectivity index (χ1v) is 6.63. The van der Waals surface area contributed by atoms with Crippen molar-refractivity contribution in [1.82, 2.24) is 0 Å². The van der Waals surface area contributed by atoms with Crippen molar-refractivity contribution in [3.8, 4) is 11.8 Å². The molecule has 0 aliphatic carbocycles. The van der Waals surface area contributed by atoms with Crippen molar-refractivity contribution in [2.24, 2.45) is 0 Å². The highest BCUT2D eigenvalue weighted by molar-refractivity contribution is 5.58. The van der Waals surface area contributed by atoms with Gasteiger partial charge in [-0.25, -0.2) is 0 Å². The number of ether oxygens (including phenoxy) is 1. The molecule has 4 nitrogen and oxygen atoms in total. The van der Waals surface area contributed by atoms with Gasteiger partial charge in [0.05, 0.1) is 24.3 Å². The molecule has 2 rings (SSSR count). The van der Waals surface area contributed by atoms with Crippen LogP contribution < -0.4 is 9.64 Å². The number of rotatable bonds is 3. The predicted octanol–water partition coefficient (Wildman–Crippen LogP) is 2.31. The van der Waals surface area contributed by atoms with Gasteiger partial charge >= 0.3 is 0 Å². The summed E-state index contributed by atoms with van der Waals surface area (Å²) in [6.45, 7) is 4.88. The predicted molar refractivity (Wildman–Crippen MR) is 74.4 cm³/mol. The van der Waals surface area contributed by atoms with Gasteiger partial charge in [-0.05, 0) is 31.9 Å². The molecule has 1 aliphatic rings. The van der Waals surface area contributed by atoms with Crippen molar-refractivity contribution >= 4 is 5.69 Å². The van der Waals surface area contributed by atoms with E-state index in [0.717, 1.165) is 25.1 Å². The average molecular weight is 260 g/mol. The minimum absolute atomic E-state index is 0.0649. The standard InChI is InChI=1S/C15H20N2O2/c1-4-15(18)7-8-17(11(15)2)13-6-5-12(10-16)14(9-13)19-3/h5-6,9,11,18H,4,7-8H2,1-3H3. The molecule has 2 unspecified atom stereocenters. The van der Waals surface area contributed by atoms with Gasteiger partial charge in [0.25, 0.3) is 0 Å². The van der Waals surface area contributed by atoms with Crippen LogP contribution in [0.15, 0.2) is 18.2 Å². The van der Waals surface area contributed by atoms with Gasteiger partial charge in [-0.2, -0.15) is 5.26 Å². The molecule has 0 amide bonds. The van der Waals surface area contributed by atoms with Crippen LogP contribution in [-0.4, -0.2) is 30.4 Å². The first kappa shape index (κ1) is 13.7. The summed E-state index contributed by atoms with van der Waals surface area (Å²) >= 11 is 0. The smallest absolute Gasteiger partial charge is 0.138 e. The summed E-state index contributed by atoms with van der Waals surface area (Å²) in [5.41, 5.74) is 0.901. The lowest BCUT2D eigenvalue weighted by Gasteiger charge is -2.32. The van der Waals surface area contributed by atoms with Crippen molar-refractivity contribution in [2.45, 2.75) is 38.3 Å². The fourth-order valence-electron chi connectivity index (χ4n) is 2.78. The van der Waals surface area contributed by atoms with Crippen LogP contribution in [0.1, 0.15) is 32.3 Å². The number of methoxy groups -OCH3 is 1. The molecule has 1 heterocycles. The van der Waals surface area contributed by atoms with E-state index in [2.05, 4.69) is 11.0 Å². The zero-order valence-electron chi connectivity index (χ0n) is 11.7. The number of anilines is 1. The fraction of sp³-hybridized carbons (Fsp3) is 0.533. The molecule has 1 saturated heterocycles. The average Bonchev–Trinajstić information content (AvgIpc) is 2.75. The molecule has 1 N–H and O–H groups in total. The first-order chi connectivity index (χ1) is 9.05. The summed E-state index contributed by atoms with van der Waals surface area (Å²) in [4.78, 5) is 2.17. The van der Waals surface area contributed by atoms with Crippen LogP contribution in [0, 0.1) is 11.3 Å². The van der Waals surface area contributed by atoms with Crippen LogP contribution >= 0.6 is 0 Å². The molecular weight excluding hydrogens is 240 g/mol. The SMILES string of the molecule is CCC1(O)CCN(c2ccc(C#N)c(OC)c2)C1C. The van der Waals surface area contributed by atoms with Crippen molar-refractivity contribution in [3.05, 3.63) is 23.8 Å². The van der Waals surface area contributed by atoms with Crippen LogP contribution in [0.25, 0.3) is 0 Å². The molecule has 1 aliphatic heterocycles. The third kappa shape index (κ3) is 2.26. The topological polar surface area (TPSA) is 56.5 Å². The Balaban J connectivity index is 2.32. The molecule has 102 valence electrons. The van der Waals surface area contributed by atoms with E-state index < -0.39 is 5.60 Å². The lowest BCUT2D eigenvalue weighted by atomic mass is 9.93. The van der Waals surface area contributed by atoms with E-state index >= 15 is 0 Å². The normalized spacial score (nSPS) is 26.3. The van der Waals surface area contributed by atoms with E-state index in [4.69, 9.17) is 10.00 Å². The first-order valence-electron chi connectivity index (χ1n) is 6.63. The molecule has 0 aromatic heterocycles. The Morgan fingerprint density at radius 2 is 2.32 bits per heavy atom. The molecule has 1 aromatic rings. The van der Waals surface area contributed by atoms with Gasteiger partial charge in [0.2, 0.25) is 0 Å². The largest absolute Gasteiger partial charge is 0.495 e. The van der Waals surface area contributed by atoms with Crippen LogP contribution in [-0.2, 0) is 0 Å². The molecule has 1 fully saturated rings. The minimum Gasteiger partial charge on any atom is -0.495 e. The summed E-state index contributed by atoms with van der Waals surface area (Å²) in [5, 5.41) is 19.5. The zero-order valence-corrected chi connectivity index (χ0v) is 11.7. The van der Waals surface area contributed by atoms with E-state index in [0.29, 0.717) is 11.3 Å². The molecule has 19 heavy (non-hydrogen) atoms. The Labute approximate surface area is 114 Å². The summed E-state index contributed by atoms with van der Waals surface area (Å²) in [6, 6.07) is 7.73. The Morgan fingerprint density at radius 1 is 1.58 bits per heavy atom. The van der Waals surface area contributed by atoms with E-state index in [1.807, 2.05) is 26.0 Å². The van der Waals surface area contributed by atoms with E-state index in [9.17, 15) is 5.11 Å². The number of hydrogen-bond acceptors (Lipinski definition) is 4. The second-order valence-electron chi connectivity index (χ2n) is 5.07. The number of benzene rings is 1. The molecule has 0 saturated carbocycles. The second kappa shape index (κ2) is 5.10. The maximum atomic E-state index is 10.5. The number of aliphatic hydroxyl groups is 1. The van der Waals surface area contributed by atoms with Crippen LogP contribution in [0.2, 0.25) is 0 Å². The molecule has 1 aromatic carbocycles. The number of nitriles is 1. The molecule has 0 bridgehead atoms. The summed E-state index contributed by atoms with van der Waals surface area (Å²) in [7, 11) is 1.57. The van der Waals surface area contributed by atoms with Gasteiger partial charge < -0.3 is 14.7 Å². The van der Waals surface area contributed by atoms with Crippen molar-refractivity contribution < 1.29 is 9.84 Å². The van der Waals surface area contributed by atoms with Crippen LogP contribution in [0.4, 0.5) is 5.69 Å². The van der Waals surface area contributed by atoms with Gasteiger partial charge in [-0.15, -0.1) is 0 Å². The summed E-state index contributed by atoms with van der Waals surface area (Å²) in [6.07, 6.45) is 1.52. The minimum atomic E-state index is -0.624. The third-order valence-electron chi connectivity index (χ3n) is 4.28. The lowest BCUT2D eigenvalue weighted by molar-refractivity contribution is 0.0329. The highest BCUT2D eigenvalue weighted by Crippen LogP contribution is 2.36. The number of hydrogen-bond donors (Lipinski definition) is 1. The lowest BCUT2D eigenvalue weighted by Crippen LogP contribution is -2.42. The molecule has 0 radical (unpaired) electrons. The quantitative estimate of drug-likeness (QED) is 0.906. The highest BCUT2D eigenvalue weighted by atomic mass is 16.5. The highest BCUT2D eigenvalue weighted by Gasteiger charge is 2.41. The fourth-order valence-corrected chi connectivity index (χ4v) is 2.78. The van der Waals surface area contributed by atoms with Crippen LogP contribution in [0.3, 0.4) is 0 Å². The molecule has 2 atom stereocenters. The van der Waals surface area contributed by atoms with Gasteiger partial charge in [0, 0.05) is 18.3 Å². The van der Waals surface area contributed by atoms with Crippen molar-refractivity contribution in [2.75, 3.05) is 18.6 Å². The maximum absolute atomic E-state index is 10.5. The van der Waals surface area contributed by atoms with Gasteiger partial charge in [-0.3, -0.25) is 0 Å². The monoisotopic (exact) mass is 260 g/mol. The Hall–Kier alpha value is -1.73. The maximum Gasteiger partial charge on any atom is 0.138 e. The van der Waals surface area contributed by atoms with E-state index in [-0.39, 0.29) is 6.04 Å². The van der Waals surface area contributed by atoms with Crippen LogP contribution in [0.5, 0.6) is 5.75 Å². The molecule has 4 heteroatoms. The van der Waals surface area contributed by atoms with Gasteiger partial charge in [0.15, 0.2) is 0 Å². The second-order valence-corrected chi connectivity index (χ2v) is 5.07. The molecule has 0 spiro atoms. The third-order valence-corrected chi connectivity index (χ3v) is 4.28. The van der Waals surface area contributed by atoms with Crippen molar-refractivity contribution in [3.63, 3.8) is 0 Å². The Kier molecular flexibility index (Phi) is 3.68. The van der Waals surface area contributed by atoms with E-state index in [1.165, 1.54) is 0 Å². The van der Waals surface area contributed by atoms with Gasteiger partial charge in [-0.1, -0.05) is 6.92 Å². The van der Waals surface area contributed by atoms with Crippen molar-refractivity contribution in [1.29, 1.82) is 5.26 Å². The Bertz CT molecular complexity index is 509. The van der Waals surface area contributed by atoms with Gasteiger partial charge in [0.1, 0.15) is 11.8 Å². The summed E-state index contributed by atoms with van der Waals surface area (Å²) in [5.74, 6) is 0.583. The van der Waals surface area contributed by atoms with E-state index in [1.54, 1.807) is 13.2 Å².